The van der Waals surface area contributed by atoms with E-state index in [0.717, 1.165) is 30.0 Å². The van der Waals surface area contributed by atoms with Crippen LogP contribution < -0.4 is 5.32 Å². The van der Waals surface area contributed by atoms with E-state index in [0.29, 0.717) is 11.6 Å². The van der Waals surface area contributed by atoms with Crippen molar-refractivity contribution in [3.8, 4) is 11.3 Å². The van der Waals surface area contributed by atoms with E-state index in [1.807, 2.05) is 18.2 Å². The number of hydrogen-bond donors (Lipinski definition) is 1. The summed E-state index contributed by atoms with van der Waals surface area (Å²) in [5.41, 5.74) is 1.45. The third-order valence-corrected chi connectivity index (χ3v) is 3.25. The lowest BCUT2D eigenvalue weighted by molar-refractivity contribution is 0.470. The molecule has 2 nitrogen and oxygen atoms in total. The van der Waals surface area contributed by atoms with Gasteiger partial charge in [0.25, 0.3) is 0 Å². The van der Waals surface area contributed by atoms with Gasteiger partial charge in [-0.3, -0.25) is 0 Å². The van der Waals surface area contributed by atoms with Gasteiger partial charge in [0.2, 0.25) is 0 Å². The van der Waals surface area contributed by atoms with E-state index in [-0.39, 0.29) is 5.82 Å². The average molecular weight is 261 g/mol. The summed E-state index contributed by atoms with van der Waals surface area (Å²) >= 11 is 0. The summed E-state index contributed by atoms with van der Waals surface area (Å²) in [6.07, 6.45) is 0.836. The minimum Gasteiger partial charge on any atom is -0.461 e. The number of rotatable bonds is 5. The van der Waals surface area contributed by atoms with Gasteiger partial charge in [-0.1, -0.05) is 19.1 Å². The molecular formula is C16H20FNO. The number of likely N-dealkylation sites (N-methyl/N-ethyl adjacent to an activating group) is 1. The fraction of sp³-hybridized carbons (Fsp3) is 0.375. The van der Waals surface area contributed by atoms with Gasteiger partial charge in [0.05, 0.1) is 0 Å². The first-order valence-electron chi connectivity index (χ1n) is 6.69. The molecule has 102 valence electrons. The molecule has 0 aliphatic rings. The Morgan fingerprint density at radius 2 is 2.05 bits per heavy atom. The number of hydrogen-bond acceptors (Lipinski definition) is 2. The maximum absolute atomic E-state index is 13.5. The molecule has 1 N–H and O–H groups in total. The SMILES string of the molecule is CCNC(C)Cc1ccc(-c2cccc(F)c2C)o1. The van der Waals surface area contributed by atoms with E-state index in [9.17, 15) is 4.39 Å². The first-order chi connectivity index (χ1) is 9.11. The molecule has 0 spiro atoms. The van der Waals surface area contributed by atoms with Crippen LogP contribution in [0.1, 0.15) is 25.2 Å². The van der Waals surface area contributed by atoms with Gasteiger partial charge in [0, 0.05) is 18.0 Å². The topological polar surface area (TPSA) is 25.2 Å². The van der Waals surface area contributed by atoms with Crippen molar-refractivity contribution in [2.75, 3.05) is 6.54 Å². The first-order valence-corrected chi connectivity index (χ1v) is 6.69. The predicted octanol–water partition coefficient (Wildman–Crippen LogP) is 3.93. The van der Waals surface area contributed by atoms with Crippen molar-refractivity contribution in [2.24, 2.45) is 0 Å². The number of benzene rings is 1. The molecule has 1 aromatic heterocycles. The normalized spacial score (nSPS) is 12.6. The average Bonchev–Trinajstić information content (AvgIpc) is 2.81. The molecule has 1 aromatic carbocycles. The lowest BCUT2D eigenvalue weighted by atomic mass is 10.1. The Hall–Kier alpha value is -1.61. The summed E-state index contributed by atoms with van der Waals surface area (Å²) in [7, 11) is 0. The molecule has 0 bridgehead atoms. The molecule has 0 fully saturated rings. The van der Waals surface area contributed by atoms with Crippen molar-refractivity contribution in [1.82, 2.24) is 5.32 Å². The summed E-state index contributed by atoms with van der Waals surface area (Å²) in [6, 6.07) is 9.31. The smallest absolute Gasteiger partial charge is 0.134 e. The monoisotopic (exact) mass is 261 g/mol. The minimum atomic E-state index is -0.198. The summed E-state index contributed by atoms with van der Waals surface area (Å²) in [5.74, 6) is 1.46. The van der Waals surface area contributed by atoms with E-state index in [2.05, 4.69) is 19.2 Å². The van der Waals surface area contributed by atoms with E-state index < -0.39 is 0 Å². The van der Waals surface area contributed by atoms with Gasteiger partial charge in [0.1, 0.15) is 17.3 Å². The molecule has 0 radical (unpaired) electrons. The highest BCUT2D eigenvalue weighted by molar-refractivity contribution is 5.62. The second kappa shape index (κ2) is 6.02. The molecule has 1 unspecified atom stereocenters. The van der Waals surface area contributed by atoms with Crippen molar-refractivity contribution < 1.29 is 8.81 Å². The zero-order valence-electron chi connectivity index (χ0n) is 11.7. The summed E-state index contributed by atoms with van der Waals surface area (Å²) in [4.78, 5) is 0. The van der Waals surface area contributed by atoms with Gasteiger partial charge in [0.15, 0.2) is 0 Å². The fourth-order valence-electron chi connectivity index (χ4n) is 2.23. The Morgan fingerprint density at radius 1 is 1.26 bits per heavy atom. The Kier molecular flexibility index (Phi) is 4.38. The highest BCUT2D eigenvalue weighted by Crippen LogP contribution is 2.27. The highest BCUT2D eigenvalue weighted by atomic mass is 19.1. The van der Waals surface area contributed by atoms with E-state index in [4.69, 9.17) is 4.42 Å². The third kappa shape index (κ3) is 3.24. The van der Waals surface area contributed by atoms with E-state index in [1.54, 1.807) is 13.0 Å². The van der Waals surface area contributed by atoms with Crippen LogP contribution in [0.4, 0.5) is 4.39 Å². The van der Waals surface area contributed by atoms with Crippen LogP contribution in [0.3, 0.4) is 0 Å². The minimum absolute atomic E-state index is 0.198. The van der Waals surface area contributed by atoms with Crippen LogP contribution in [0, 0.1) is 12.7 Å². The Balaban J connectivity index is 2.19. The van der Waals surface area contributed by atoms with Crippen molar-refractivity contribution >= 4 is 0 Å². The fourth-order valence-corrected chi connectivity index (χ4v) is 2.23. The van der Waals surface area contributed by atoms with Gasteiger partial charge in [-0.05, 0) is 44.2 Å². The molecule has 1 atom stereocenters. The van der Waals surface area contributed by atoms with Crippen LogP contribution in [0.25, 0.3) is 11.3 Å². The zero-order valence-corrected chi connectivity index (χ0v) is 11.7. The first kappa shape index (κ1) is 13.8. The van der Waals surface area contributed by atoms with Gasteiger partial charge in [-0.2, -0.15) is 0 Å². The van der Waals surface area contributed by atoms with Crippen LogP contribution in [0.5, 0.6) is 0 Å². The molecule has 0 aliphatic carbocycles. The van der Waals surface area contributed by atoms with Crippen molar-refractivity contribution in [3.05, 3.63) is 47.5 Å². The molecule has 0 amide bonds. The lowest BCUT2D eigenvalue weighted by Gasteiger charge is -2.09. The predicted molar refractivity (Wildman–Crippen MR) is 75.7 cm³/mol. The van der Waals surface area contributed by atoms with Gasteiger partial charge < -0.3 is 9.73 Å². The Labute approximate surface area is 113 Å². The maximum atomic E-state index is 13.5. The second-order valence-electron chi connectivity index (χ2n) is 4.84. The van der Waals surface area contributed by atoms with Gasteiger partial charge in [-0.25, -0.2) is 4.39 Å². The number of halogens is 1. The second-order valence-corrected chi connectivity index (χ2v) is 4.84. The molecule has 3 heteroatoms. The molecule has 0 saturated carbocycles. The zero-order chi connectivity index (χ0) is 13.8. The highest BCUT2D eigenvalue weighted by Gasteiger charge is 2.11. The molecule has 19 heavy (non-hydrogen) atoms. The quantitative estimate of drug-likeness (QED) is 0.882. The maximum Gasteiger partial charge on any atom is 0.134 e. The standard InChI is InChI=1S/C16H20FNO/c1-4-18-11(2)10-13-8-9-16(19-13)14-6-5-7-15(17)12(14)3/h5-9,11,18H,4,10H2,1-3H3. The van der Waals surface area contributed by atoms with Crippen molar-refractivity contribution in [1.29, 1.82) is 0 Å². The third-order valence-electron chi connectivity index (χ3n) is 3.25. The van der Waals surface area contributed by atoms with Gasteiger partial charge >= 0.3 is 0 Å². The van der Waals surface area contributed by atoms with E-state index >= 15 is 0 Å². The van der Waals surface area contributed by atoms with Crippen molar-refractivity contribution in [2.45, 2.75) is 33.2 Å². The Bertz CT molecular complexity index is 547. The van der Waals surface area contributed by atoms with Gasteiger partial charge in [-0.15, -0.1) is 0 Å². The van der Waals surface area contributed by atoms with Crippen LogP contribution in [0.2, 0.25) is 0 Å². The van der Waals surface area contributed by atoms with Crippen LogP contribution in [-0.2, 0) is 6.42 Å². The van der Waals surface area contributed by atoms with E-state index in [1.165, 1.54) is 6.07 Å². The van der Waals surface area contributed by atoms with Crippen LogP contribution in [0.15, 0.2) is 34.7 Å². The molecule has 2 rings (SSSR count). The summed E-state index contributed by atoms with van der Waals surface area (Å²) in [5, 5.41) is 3.34. The number of furan rings is 1. The molecule has 0 saturated heterocycles. The molecule has 0 aliphatic heterocycles. The number of nitrogens with one attached hydrogen (secondary N) is 1. The van der Waals surface area contributed by atoms with Crippen molar-refractivity contribution in [3.63, 3.8) is 0 Å². The summed E-state index contributed by atoms with van der Waals surface area (Å²) < 4.78 is 19.3. The Morgan fingerprint density at radius 3 is 2.79 bits per heavy atom. The van der Waals surface area contributed by atoms with Crippen LogP contribution in [-0.4, -0.2) is 12.6 Å². The lowest BCUT2D eigenvalue weighted by Crippen LogP contribution is -2.27. The van der Waals surface area contributed by atoms with Crippen LogP contribution >= 0.6 is 0 Å². The molecule has 2 aromatic rings. The molecule has 1 heterocycles. The molecular weight excluding hydrogens is 241 g/mol. The largest absolute Gasteiger partial charge is 0.461 e. The summed E-state index contributed by atoms with van der Waals surface area (Å²) in [6.45, 7) is 6.92.